The molecule has 2 aromatic rings. The van der Waals surface area contributed by atoms with Gasteiger partial charge in [0.15, 0.2) is 0 Å². The molecule has 0 unspecified atom stereocenters. The predicted octanol–water partition coefficient (Wildman–Crippen LogP) is 0.713. The molecule has 0 saturated carbocycles. The molecule has 0 atom stereocenters. The molecular weight excluding hydrogens is 242 g/mol. The molecule has 7 nitrogen and oxygen atoms in total. The van der Waals surface area contributed by atoms with E-state index in [1.54, 1.807) is 10.7 Å². The Labute approximate surface area is 112 Å². The molecule has 2 heterocycles. The molecule has 0 aliphatic rings. The number of nitrogens with zero attached hydrogens (tertiary/aromatic N) is 4. The van der Waals surface area contributed by atoms with Gasteiger partial charge in [0.05, 0.1) is 6.20 Å². The molecule has 0 spiro atoms. The summed E-state index contributed by atoms with van der Waals surface area (Å²) < 4.78 is 1.80. The third-order valence-corrected chi connectivity index (χ3v) is 2.71. The van der Waals surface area contributed by atoms with Crippen molar-refractivity contribution in [1.82, 2.24) is 19.7 Å². The van der Waals surface area contributed by atoms with E-state index in [0.717, 1.165) is 31.0 Å². The van der Waals surface area contributed by atoms with Gasteiger partial charge < -0.3 is 10.7 Å². The first-order valence-corrected chi connectivity index (χ1v) is 6.27. The van der Waals surface area contributed by atoms with Crippen LogP contribution in [0, 0.1) is 0 Å². The Kier molecular flexibility index (Phi) is 4.30. The number of aromatic nitrogens is 4. The van der Waals surface area contributed by atoms with Crippen LogP contribution in [0.2, 0.25) is 0 Å². The van der Waals surface area contributed by atoms with E-state index < -0.39 is 0 Å². The van der Waals surface area contributed by atoms with Crippen molar-refractivity contribution in [1.29, 1.82) is 0 Å². The average molecular weight is 261 g/mol. The van der Waals surface area contributed by atoms with E-state index in [-0.39, 0.29) is 0 Å². The van der Waals surface area contributed by atoms with Crippen LogP contribution in [0.3, 0.4) is 0 Å². The lowest BCUT2D eigenvalue weighted by Gasteiger charge is -2.08. The van der Waals surface area contributed by atoms with Gasteiger partial charge in [0.1, 0.15) is 17.5 Å². The molecule has 7 heteroatoms. The molecule has 19 heavy (non-hydrogen) atoms. The van der Waals surface area contributed by atoms with Crippen molar-refractivity contribution < 1.29 is 0 Å². The monoisotopic (exact) mass is 261 g/mol. The van der Waals surface area contributed by atoms with Crippen LogP contribution in [0.25, 0.3) is 0 Å². The lowest BCUT2D eigenvalue weighted by Crippen LogP contribution is -2.13. The number of anilines is 2. The molecule has 0 fully saturated rings. The second-order valence-electron chi connectivity index (χ2n) is 4.25. The highest BCUT2D eigenvalue weighted by molar-refractivity contribution is 5.46. The largest absolute Gasteiger partial charge is 0.370 e. The molecule has 0 aromatic carbocycles. The molecule has 0 saturated heterocycles. The first-order chi connectivity index (χ1) is 9.21. The zero-order valence-electron chi connectivity index (χ0n) is 11.2. The highest BCUT2D eigenvalue weighted by atomic mass is 15.3. The Morgan fingerprint density at radius 1 is 1.32 bits per heavy atom. The van der Waals surface area contributed by atoms with Gasteiger partial charge in [-0.2, -0.15) is 5.10 Å². The Morgan fingerprint density at radius 3 is 2.74 bits per heavy atom. The van der Waals surface area contributed by atoms with Gasteiger partial charge in [-0.3, -0.25) is 4.68 Å². The van der Waals surface area contributed by atoms with Crippen LogP contribution < -0.4 is 16.6 Å². The third kappa shape index (κ3) is 3.65. The summed E-state index contributed by atoms with van der Waals surface area (Å²) in [6.07, 6.45) is 5.54. The van der Waals surface area contributed by atoms with Gasteiger partial charge in [0, 0.05) is 32.3 Å². The Hall–Kier alpha value is -2.15. The van der Waals surface area contributed by atoms with Crippen LogP contribution in [0.1, 0.15) is 18.3 Å². The lowest BCUT2D eigenvalue weighted by atomic mass is 10.2. The van der Waals surface area contributed by atoms with Gasteiger partial charge in [-0.05, 0) is 12.0 Å². The van der Waals surface area contributed by atoms with Crippen molar-refractivity contribution in [3.63, 3.8) is 0 Å². The van der Waals surface area contributed by atoms with E-state index in [0.29, 0.717) is 5.82 Å². The summed E-state index contributed by atoms with van der Waals surface area (Å²) in [7, 11) is 1.91. The summed E-state index contributed by atoms with van der Waals surface area (Å²) in [4.78, 5) is 8.64. The number of hydrazine groups is 1. The molecule has 0 radical (unpaired) electrons. The van der Waals surface area contributed by atoms with Crippen molar-refractivity contribution in [2.75, 3.05) is 17.3 Å². The maximum absolute atomic E-state index is 5.39. The highest BCUT2D eigenvalue weighted by Gasteiger charge is 2.02. The van der Waals surface area contributed by atoms with Gasteiger partial charge in [-0.15, -0.1) is 0 Å². The van der Waals surface area contributed by atoms with Crippen molar-refractivity contribution in [2.45, 2.75) is 19.8 Å². The summed E-state index contributed by atoms with van der Waals surface area (Å²) in [5, 5.41) is 7.40. The third-order valence-electron chi connectivity index (χ3n) is 2.71. The fraction of sp³-hybridized carbons (Fsp3) is 0.417. The number of aryl methyl sites for hydroxylation is 2. The highest BCUT2D eigenvalue weighted by Crippen LogP contribution is 2.11. The van der Waals surface area contributed by atoms with E-state index in [1.807, 2.05) is 26.4 Å². The summed E-state index contributed by atoms with van der Waals surface area (Å²) in [6.45, 7) is 2.80. The van der Waals surface area contributed by atoms with Gasteiger partial charge in [0.2, 0.25) is 0 Å². The normalized spacial score (nSPS) is 10.5. The molecule has 4 N–H and O–H groups in total. The van der Waals surface area contributed by atoms with E-state index in [4.69, 9.17) is 5.84 Å². The van der Waals surface area contributed by atoms with E-state index >= 15 is 0 Å². The SMILES string of the molecule is CCc1nc(NN)cc(NCCc2cnn(C)c2)n1. The minimum atomic E-state index is 0.621. The molecule has 0 bridgehead atoms. The number of nitrogen functional groups attached to an aromatic ring is 1. The first kappa shape index (κ1) is 13.3. The predicted molar refractivity (Wildman–Crippen MR) is 74.6 cm³/mol. The van der Waals surface area contributed by atoms with Crippen molar-refractivity contribution in [3.05, 3.63) is 29.8 Å². The van der Waals surface area contributed by atoms with Crippen LogP contribution in [0.15, 0.2) is 18.5 Å². The molecule has 2 aromatic heterocycles. The summed E-state index contributed by atoms with van der Waals surface area (Å²) in [6, 6.07) is 1.79. The zero-order valence-corrected chi connectivity index (χ0v) is 11.2. The molecular formula is C12H19N7. The van der Waals surface area contributed by atoms with E-state index in [9.17, 15) is 0 Å². The number of rotatable bonds is 6. The summed E-state index contributed by atoms with van der Waals surface area (Å²) >= 11 is 0. The van der Waals surface area contributed by atoms with Gasteiger partial charge in [-0.25, -0.2) is 15.8 Å². The number of hydrogen-bond acceptors (Lipinski definition) is 6. The first-order valence-electron chi connectivity index (χ1n) is 6.27. The molecule has 0 amide bonds. The van der Waals surface area contributed by atoms with Crippen molar-refractivity contribution in [3.8, 4) is 0 Å². The quantitative estimate of drug-likeness (QED) is 0.524. The molecule has 102 valence electrons. The Balaban J connectivity index is 1.95. The van der Waals surface area contributed by atoms with Crippen LogP contribution in [-0.4, -0.2) is 26.3 Å². The number of nitrogens with one attached hydrogen (secondary N) is 2. The van der Waals surface area contributed by atoms with Gasteiger partial charge in [-0.1, -0.05) is 6.92 Å². The fourth-order valence-electron chi connectivity index (χ4n) is 1.76. The van der Waals surface area contributed by atoms with Crippen LogP contribution in [0.4, 0.5) is 11.6 Å². The van der Waals surface area contributed by atoms with Crippen molar-refractivity contribution in [2.24, 2.45) is 12.9 Å². The second-order valence-corrected chi connectivity index (χ2v) is 4.25. The maximum Gasteiger partial charge on any atom is 0.145 e. The van der Waals surface area contributed by atoms with Crippen LogP contribution in [-0.2, 0) is 19.9 Å². The van der Waals surface area contributed by atoms with Crippen LogP contribution >= 0.6 is 0 Å². The van der Waals surface area contributed by atoms with E-state index in [1.165, 1.54) is 5.56 Å². The van der Waals surface area contributed by atoms with Gasteiger partial charge in [0.25, 0.3) is 0 Å². The number of nitrogens with two attached hydrogens (primary N) is 1. The smallest absolute Gasteiger partial charge is 0.145 e. The van der Waals surface area contributed by atoms with Gasteiger partial charge >= 0.3 is 0 Å². The zero-order chi connectivity index (χ0) is 13.7. The topological polar surface area (TPSA) is 93.7 Å². The Morgan fingerprint density at radius 2 is 2.11 bits per heavy atom. The molecule has 0 aliphatic heterocycles. The minimum absolute atomic E-state index is 0.621. The number of hydrogen-bond donors (Lipinski definition) is 3. The second kappa shape index (κ2) is 6.14. The summed E-state index contributed by atoms with van der Waals surface area (Å²) in [5.74, 6) is 7.55. The van der Waals surface area contributed by atoms with E-state index in [2.05, 4.69) is 25.8 Å². The summed E-state index contributed by atoms with van der Waals surface area (Å²) in [5.41, 5.74) is 3.74. The average Bonchev–Trinajstić information content (AvgIpc) is 2.84. The maximum atomic E-state index is 5.39. The van der Waals surface area contributed by atoms with Crippen LogP contribution in [0.5, 0.6) is 0 Å². The standard InChI is InChI=1S/C12H19N7/c1-3-10-16-11(6-12(17-10)18-13)14-5-4-9-7-15-19(2)8-9/h6-8H,3-5,13H2,1-2H3,(H2,14,16,17,18). The van der Waals surface area contributed by atoms with Crippen molar-refractivity contribution >= 4 is 11.6 Å². The minimum Gasteiger partial charge on any atom is -0.370 e. The lowest BCUT2D eigenvalue weighted by molar-refractivity contribution is 0.766. The molecule has 0 aliphatic carbocycles. The Bertz CT molecular complexity index is 512. The fourth-order valence-corrected chi connectivity index (χ4v) is 1.76. The molecule has 2 rings (SSSR count).